The topological polar surface area (TPSA) is 89.9 Å². The number of aliphatic carboxylic acids is 1. The van der Waals surface area contributed by atoms with Gasteiger partial charge in [0.15, 0.2) is 6.04 Å². The van der Waals surface area contributed by atoms with Gasteiger partial charge in [-0.3, -0.25) is 4.79 Å². The van der Waals surface area contributed by atoms with Gasteiger partial charge in [0.1, 0.15) is 0 Å². The van der Waals surface area contributed by atoms with Crippen LogP contribution in [0.4, 0.5) is 5.69 Å². The molecule has 0 bridgehead atoms. The first-order chi connectivity index (χ1) is 8.82. The molecule has 0 aliphatic carbocycles. The fraction of sp³-hybridized carbons (Fsp3) is 0.385. The quantitative estimate of drug-likeness (QED) is 0.714. The Morgan fingerprint density at radius 2 is 1.74 bits per heavy atom. The van der Waals surface area contributed by atoms with Crippen molar-refractivity contribution in [1.29, 1.82) is 0 Å². The largest absolute Gasteiger partial charge is 0.480 e. The molecule has 1 amide bonds. The van der Waals surface area contributed by atoms with Crippen molar-refractivity contribution in [3.8, 4) is 0 Å². The molecule has 19 heavy (non-hydrogen) atoms. The lowest BCUT2D eigenvalue weighted by atomic mass is 10.1. The Morgan fingerprint density at radius 1 is 1.21 bits per heavy atom. The number of rotatable bonds is 5. The first-order valence-electron chi connectivity index (χ1n) is 5.82. The average molecular weight is 266 g/mol. The van der Waals surface area contributed by atoms with Crippen molar-refractivity contribution in [2.75, 3.05) is 19.0 Å². The minimum atomic E-state index is -1.32. The molecule has 0 saturated heterocycles. The number of anilines is 1. The molecule has 0 aliphatic heterocycles. The Morgan fingerprint density at radius 3 is 2.11 bits per heavy atom. The van der Waals surface area contributed by atoms with Crippen LogP contribution in [-0.4, -0.2) is 48.3 Å². The van der Waals surface area contributed by atoms with Gasteiger partial charge in [0, 0.05) is 25.3 Å². The molecule has 1 aromatic carbocycles. The van der Waals surface area contributed by atoms with E-state index in [-0.39, 0.29) is 0 Å². The van der Waals surface area contributed by atoms with Crippen molar-refractivity contribution >= 4 is 17.6 Å². The second kappa shape index (κ2) is 6.19. The average Bonchev–Trinajstić information content (AvgIpc) is 2.34. The number of aliphatic hydroxyl groups is 1. The van der Waals surface area contributed by atoms with Crippen LogP contribution in [-0.2, 0) is 4.79 Å². The van der Waals surface area contributed by atoms with Gasteiger partial charge in [-0.2, -0.15) is 0 Å². The molecular formula is C13H18N2O4. The van der Waals surface area contributed by atoms with Crippen LogP contribution in [0.25, 0.3) is 0 Å². The smallest absolute Gasteiger partial charge is 0.328 e. The summed E-state index contributed by atoms with van der Waals surface area (Å²) in [6.07, 6.45) is -1.16. The summed E-state index contributed by atoms with van der Waals surface area (Å²) in [6, 6.07) is 5.40. The summed E-state index contributed by atoms with van der Waals surface area (Å²) in [5.74, 6) is -1.80. The van der Waals surface area contributed by atoms with E-state index in [1.165, 1.54) is 6.92 Å². The minimum absolute atomic E-state index is 0.345. The van der Waals surface area contributed by atoms with Crippen LogP contribution in [0.3, 0.4) is 0 Å². The molecule has 0 unspecified atom stereocenters. The first-order valence-corrected chi connectivity index (χ1v) is 5.82. The van der Waals surface area contributed by atoms with Crippen LogP contribution in [0.2, 0.25) is 0 Å². The first kappa shape index (κ1) is 15.0. The lowest BCUT2D eigenvalue weighted by molar-refractivity contribution is -0.141. The highest BCUT2D eigenvalue weighted by Gasteiger charge is 2.25. The van der Waals surface area contributed by atoms with E-state index in [1.54, 1.807) is 24.3 Å². The zero-order chi connectivity index (χ0) is 14.6. The van der Waals surface area contributed by atoms with Crippen molar-refractivity contribution in [3.63, 3.8) is 0 Å². The molecule has 2 atom stereocenters. The number of carboxylic acids is 1. The van der Waals surface area contributed by atoms with Gasteiger partial charge < -0.3 is 20.4 Å². The Kier molecular flexibility index (Phi) is 4.88. The van der Waals surface area contributed by atoms with Gasteiger partial charge in [0.25, 0.3) is 5.91 Å². The summed E-state index contributed by atoms with van der Waals surface area (Å²) in [4.78, 5) is 24.6. The van der Waals surface area contributed by atoms with E-state index in [0.29, 0.717) is 5.56 Å². The summed E-state index contributed by atoms with van der Waals surface area (Å²) in [5.41, 5.74) is 1.28. The van der Waals surface area contributed by atoms with Crippen molar-refractivity contribution in [1.82, 2.24) is 5.32 Å². The second-order valence-corrected chi connectivity index (χ2v) is 4.47. The third kappa shape index (κ3) is 3.96. The third-order valence-electron chi connectivity index (χ3n) is 2.68. The molecular weight excluding hydrogens is 248 g/mol. The Labute approximate surface area is 111 Å². The molecule has 1 aromatic rings. The molecule has 0 spiro atoms. The number of nitrogens with zero attached hydrogens (tertiary/aromatic N) is 1. The summed E-state index contributed by atoms with van der Waals surface area (Å²) >= 11 is 0. The number of carboxylic acid groups (broad SMARTS) is 1. The number of nitrogens with one attached hydrogen (secondary N) is 1. The van der Waals surface area contributed by atoms with E-state index in [0.717, 1.165) is 5.69 Å². The minimum Gasteiger partial charge on any atom is -0.480 e. The molecule has 0 heterocycles. The number of amides is 1. The Balaban J connectivity index is 2.80. The van der Waals surface area contributed by atoms with Crippen molar-refractivity contribution in [3.05, 3.63) is 29.8 Å². The van der Waals surface area contributed by atoms with E-state index in [4.69, 9.17) is 5.11 Å². The number of carbonyl (C=O) groups excluding carboxylic acids is 1. The summed E-state index contributed by atoms with van der Waals surface area (Å²) in [7, 11) is 3.76. The van der Waals surface area contributed by atoms with Crippen molar-refractivity contribution in [2.24, 2.45) is 0 Å². The van der Waals surface area contributed by atoms with Gasteiger partial charge in [0.2, 0.25) is 0 Å². The molecule has 6 nitrogen and oxygen atoms in total. The summed E-state index contributed by atoms with van der Waals surface area (Å²) in [6.45, 7) is 1.31. The zero-order valence-electron chi connectivity index (χ0n) is 11.1. The van der Waals surface area contributed by atoms with Crippen LogP contribution in [0.5, 0.6) is 0 Å². The molecule has 0 saturated carbocycles. The number of hydrogen-bond acceptors (Lipinski definition) is 4. The van der Waals surface area contributed by atoms with E-state index >= 15 is 0 Å². The van der Waals surface area contributed by atoms with Gasteiger partial charge in [-0.15, -0.1) is 0 Å². The van der Waals surface area contributed by atoms with Crippen molar-refractivity contribution < 1.29 is 19.8 Å². The molecule has 6 heteroatoms. The number of aliphatic hydroxyl groups excluding tert-OH is 1. The summed E-state index contributed by atoms with van der Waals surface area (Å²) < 4.78 is 0. The number of carbonyl (C=O) groups is 2. The fourth-order valence-corrected chi connectivity index (χ4v) is 1.52. The molecule has 0 aliphatic rings. The maximum atomic E-state index is 11.8. The van der Waals surface area contributed by atoms with Gasteiger partial charge in [-0.25, -0.2) is 4.79 Å². The zero-order valence-corrected chi connectivity index (χ0v) is 11.1. The van der Waals surface area contributed by atoms with E-state index in [1.807, 2.05) is 19.0 Å². The monoisotopic (exact) mass is 266 g/mol. The highest BCUT2D eigenvalue weighted by atomic mass is 16.4. The van der Waals surface area contributed by atoms with Crippen molar-refractivity contribution in [2.45, 2.75) is 19.1 Å². The highest BCUT2D eigenvalue weighted by Crippen LogP contribution is 2.12. The predicted molar refractivity (Wildman–Crippen MR) is 71.3 cm³/mol. The molecule has 0 radical (unpaired) electrons. The van der Waals surface area contributed by atoms with Gasteiger partial charge >= 0.3 is 5.97 Å². The third-order valence-corrected chi connectivity index (χ3v) is 2.68. The van der Waals surface area contributed by atoms with Gasteiger partial charge in [0.05, 0.1) is 6.10 Å². The van der Waals surface area contributed by atoms with E-state index in [2.05, 4.69) is 5.32 Å². The molecule has 0 fully saturated rings. The molecule has 0 aromatic heterocycles. The summed E-state index contributed by atoms with van der Waals surface area (Å²) in [5, 5.41) is 20.4. The maximum Gasteiger partial charge on any atom is 0.328 e. The van der Waals surface area contributed by atoms with Gasteiger partial charge in [-0.05, 0) is 31.2 Å². The Bertz CT molecular complexity index is 454. The Hall–Kier alpha value is -2.08. The molecule has 1 rings (SSSR count). The number of hydrogen-bond donors (Lipinski definition) is 3. The van der Waals surface area contributed by atoms with Gasteiger partial charge in [-0.1, -0.05) is 0 Å². The van der Waals surface area contributed by atoms with Crippen LogP contribution in [0, 0.1) is 0 Å². The normalized spacial score (nSPS) is 13.5. The molecule has 3 N–H and O–H groups in total. The highest BCUT2D eigenvalue weighted by molar-refractivity contribution is 5.97. The second-order valence-electron chi connectivity index (χ2n) is 4.47. The van der Waals surface area contributed by atoms with Crippen LogP contribution in [0.1, 0.15) is 17.3 Å². The SMILES string of the molecule is C[C@@H](O)[C@H](NC(=O)c1ccc(N(C)C)cc1)C(=O)O. The standard InChI is InChI=1S/C13H18N2O4/c1-8(16)11(13(18)19)14-12(17)9-4-6-10(7-5-9)15(2)3/h4-8,11,16H,1-3H3,(H,14,17)(H,18,19)/t8-,11+/m1/s1. The van der Waals surface area contributed by atoms with E-state index in [9.17, 15) is 14.7 Å². The van der Waals surface area contributed by atoms with Crippen LogP contribution < -0.4 is 10.2 Å². The lowest BCUT2D eigenvalue weighted by Crippen LogP contribution is -2.47. The number of benzene rings is 1. The maximum absolute atomic E-state index is 11.8. The predicted octanol–water partition coefficient (Wildman–Crippen LogP) is 0.316. The van der Waals surface area contributed by atoms with Crippen LogP contribution >= 0.6 is 0 Å². The fourth-order valence-electron chi connectivity index (χ4n) is 1.52. The lowest BCUT2D eigenvalue weighted by Gasteiger charge is -2.17. The van der Waals surface area contributed by atoms with E-state index < -0.39 is 24.0 Å². The molecule has 104 valence electrons. The van der Waals surface area contributed by atoms with Crippen LogP contribution in [0.15, 0.2) is 24.3 Å².